The van der Waals surface area contributed by atoms with Gasteiger partial charge in [0.2, 0.25) is 5.91 Å². The highest BCUT2D eigenvalue weighted by molar-refractivity contribution is 7.09. The molecule has 0 spiro atoms. The fourth-order valence-electron chi connectivity index (χ4n) is 3.63. The summed E-state index contributed by atoms with van der Waals surface area (Å²) in [5, 5.41) is 4.92. The van der Waals surface area contributed by atoms with E-state index in [2.05, 4.69) is 5.32 Å². The SMILES string of the molecule is COCCCN(CC(=O)N(Cc1ccc(F)cc1)Cc1cccs1)C(=O)Nc1cccc(C)c1C. The first-order chi connectivity index (χ1) is 16.9. The van der Waals surface area contributed by atoms with Gasteiger partial charge in [0.1, 0.15) is 12.4 Å². The minimum atomic E-state index is -0.332. The predicted octanol–water partition coefficient (Wildman–Crippen LogP) is 5.60. The van der Waals surface area contributed by atoms with Crippen LogP contribution in [-0.4, -0.2) is 48.5 Å². The molecule has 0 atom stereocenters. The summed E-state index contributed by atoms with van der Waals surface area (Å²) in [6.45, 7) is 5.46. The van der Waals surface area contributed by atoms with E-state index in [0.29, 0.717) is 32.7 Å². The van der Waals surface area contributed by atoms with E-state index in [1.807, 2.05) is 49.6 Å². The largest absolute Gasteiger partial charge is 0.385 e. The standard InChI is InChI=1S/C27H32FN3O3S/c1-20-7-4-9-25(21(20)2)29-27(33)30(14-6-15-34-3)19-26(32)31(18-24-8-5-16-35-24)17-22-10-12-23(28)13-11-22/h4-5,7-13,16H,6,14-15,17-19H2,1-3H3,(H,29,33). The molecular weight excluding hydrogens is 465 g/mol. The van der Waals surface area contributed by atoms with E-state index in [4.69, 9.17) is 4.74 Å². The lowest BCUT2D eigenvalue weighted by atomic mass is 10.1. The van der Waals surface area contributed by atoms with Crippen molar-refractivity contribution in [3.05, 3.63) is 87.4 Å². The zero-order valence-corrected chi connectivity index (χ0v) is 21.2. The highest BCUT2D eigenvalue weighted by Gasteiger charge is 2.22. The van der Waals surface area contributed by atoms with Gasteiger partial charge in [-0.3, -0.25) is 4.79 Å². The number of urea groups is 1. The lowest BCUT2D eigenvalue weighted by Gasteiger charge is -2.28. The molecule has 1 N–H and O–H groups in total. The molecular formula is C27H32FN3O3S. The Morgan fingerprint density at radius 2 is 1.77 bits per heavy atom. The number of halogens is 1. The Morgan fingerprint density at radius 1 is 1.00 bits per heavy atom. The van der Waals surface area contributed by atoms with Crippen LogP contribution in [-0.2, 0) is 22.6 Å². The van der Waals surface area contributed by atoms with E-state index in [9.17, 15) is 14.0 Å². The third-order valence-corrected chi connectivity index (χ3v) is 6.66. The van der Waals surface area contributed by atoms with Crippen molar-refractivity contribution in [2.24, 2.45) is 0 Å². The number of nitrogens with zero attached hydrogens (tertiary/aromatic N) is 2. The van der Waals surface area contributed by atoms with Crippen molar-refractivity contribution in [1.29, 1.82) is 0 Å². The average molecular weight is 498 g/mol. The van der Waals surface area contributed by atoms with Crippen molar-refractivity contribution < 1.29 is 18.7 Å². The summed E-state index contributed by atoms with van der Waals surface area (Å²) in [6, 6.07) is 15.4. The molecule has 0 bridgehead atoms. The summed E-state index contributed by atoms with van der Waals surface area (Å²) in [5.74, 6) is -0.506. The van der Waals surface area contributed by atoms with Crippen LogP contribution in [0.15, 0.2) is 60.0 Å². The molecule has 0 fully saturated rings. The minimum Gasteiger partial charge on any atom is -0.385 e. The second-order valence-corrected chi connectivity index (χ2v) is 9.43. The molecule has 0 aliphatic heterocycles. The first-order valence-electron chi connectivity index (χ1n) is 11.5. The van der Waals surface area contributed by atoms with Crippen molar-refractivity contribution in [1.82, 2.24) is 9.80 Å². The van der Waals surface area contributed by atoms with Gasteiger partial charge in [0.15, 0.2) is 0 Å². The number of rotatable bonds is 11. The predicted molar refractivity (Wildman–Crippen MR) is 138 cm³/mol. The Kier molecular flexibility index (Phi) is 9.81. The van der Waals surface area contributed by atoms with E-state index in [1.165, 1.54) is 17.0 Å². The monoisotopic (exact) mass is 497 g/mol. The van der Waals surface area contributed by atoms with E-state index in [-0.39, 0.29) is 24.3 Å². The zero-order chi connectivity index (χ0) is 25.2. The number of carbonyl (C=O) groups is 2. The van der Waals surface area contributed by atoms with E-state index >= 15 is 0 Å². The highest BCUT2D eigenvalue weighted by Crippen LogP contribution is 2.19. The number of thiophene rings is 1. The minimum absolute atomic E-state index is 0.0764. The lowest BCUT2D eigenvalue weighted by Crippen LogP contribution is -2.44. The van der Waals surface area contributed by atoms with Gasteiger partial charge >= 0.3 is 6.03 Å². The summed E-state index contributed by atoms with van der Waals surface area (Å²) in [4.78, 5) is 30.9. The van der Waals surface area contributed by atoms with Crippen LogP contribution in [0.1, 0.15) is 28.0 Å². The molecule has 0 radical (unpaired) electrons. The number of ether oxygens (including phenoxy) is 1. The third-order valence-electron chi connectivity index (χ3n) is 5.80. The molecule has 3 amide bonds. The number of aryl methyl sites for hydroxylation is 1. The summed E-state index contributed by atoms with van der Waals surface area (Å²) in [5.41, 5.74) is 3.61. The molecule has 0 unspecified atom stereocenters. The van der Waals surface area contributed by atoms with Crippen LogP contribution < -0.4 is 5.32 Å². The van der Waals surface area contributed by atoms with Gasteiger partial charge < -0.3 is 19.9 Å². The molecule has 0 aliphatic rings. The first-order valence-corrected chi connectivity index (χ1v) is 12.4. The second-order valence-electron chi connectivity index (χ2n) is 8.40. The van der Waals surface area contributed by atoms with Crippen LogP contribution >= 0.6 is 11.3 Å². The number of anilines is 1. The fraction of sp³-hybridized carbons (Fsp3) is 0.333. The van der Waals surface area contributed by atoms with Gasteiger partial charge in [-0.05, 0) is 66.6 Å². The van der Waals surface area contributed by atoms with E-state index in [1.54, 1.807) is 35.5 Å². The summed E-state index contributed by atoms with van der Waals surface area (Å²) < 4.78 is 18.5. The van der Waals surface area contributed by atoms with Crippen LogP contribution in [0.25, 0.3) is 0 Å². The summed E-state index contributed by atoms with van der Waals surface area (Å²) in [7, 11) is 1.61. The molecule has 35 heavy (non-hydrogen) atoms. The second kappa shape index (κ2) is 13.0. The van der Waals surface area contributed by atoms with Crippen molar-refractivity contribution in [3.63, 3.8) is 0 Å². The normalized spacial score (nSPS) is 10.7. The van der Waals surface area contributed by atoms with Crippen LogP contribution in [0, 0.1) is 19.7 Å². The Hall–Kier alpha value is -3.23. The highest BCUT2D eigenvalue weighted by atomic mass is 32.1. The number of hydrogen-bond donors (Lipinski definition) is 1. The van der Waals surface area contributed by atoms with Gasteiger partial charge in [0.05, 0.1) is 6.54 Å². The molecule has 0 saturated carbocycles. The van der Waals surface area contributed by atoms with Crippen molar-refractivity contribution in [3.8, 4) is 0 Å². The number of methoxy groups -OCH3 is 1. The van der Waals surface area contributed by atoms with Crippen molar-refractivity contribution >= 4 is 29.0 Å². The molecule has 1 heterocycles. The Bertz CT molecular complexity index is 1100. The molecule has 0 saturated heterocycles. The molecule has 3 aromatic rings. The molecule has 3 rings (SSSR count). The Morgan fingerprint density at radius 3 is 2.46 bits per heavy atom. The fourth-order valence-corrected chi connectivity index (χ4v) is 4.35. The van der Waals surface area contributed by atoms with E-state index < -0.39 is 0 Å². The average Bonchev–Trinajstić information content (AvgIpc) is 3.35. The van der Waals surface area contributed by atoms with Gasteiger partial charge in [-0.15, -0.1) is 11.3 Å². The van der Waals surface area contributed by atoms with Gasteiger partial charge in [-0.25, -0.2) is 9.18 Å². The maximum atomic E-state index is 13.5. The summed E-state index contributed by atoms with van der Waals surface area (Å²) >= 11 is 1.57. The van der Waals surface area contributed by atoms with Crippen LogP contribution in [0.2, 0.25) is 0 Å². The smallest absolute Gasteiger partial charge is 0.322 e. The zero-order valence-electron chi connectivity index (χ0n) is 20.4. The first kappa shape index (κ1) is 26.4. The third kappa shape index (κ3) is 7.90. The molecule has 8 heteroatoms. The quantitative estimate of drug-likeness (QED) is 0.351. The Labute approximate surface area is 210 Å². The van der Waals surface area contributed by atoms with Crippen LogP contribution in [0.4, 0.5) is 14.9 Å². The van der Waals surface area contributed by atoms with Crippen LogP contribution in [0.3, 0.4) is 0 Å². The number of benzene rings is 2. The number of carbonyl (C=O) groups excluding carboxylic acids is 2. The van der Waals surface area contributed by atoms with Gasteiger partial charge in [0, 0.05) is 37.4 Å². The summed E-state index contributed by atoms with van der Waals surface area (Å²) in [6.07, 6.45) is 0.604. The maximum Gasteiger partial charge on any atom is 0.322 e. The molecule has 2 aromatic carbocycles. The van der Waals surface area contributed by atoms with Gasteiger partial charge in [-0.1, -0.05) is 30.3 Å². The molecule has 0 aliphatic carbocycles. The van der Waals surface area contributed by atoms with Gasteiger partial charge in [0.25, 0.3) is 0 Å². The Balaban J connectivity index is 1.77. The van der Waals surface area contributed by atoms with Crippen LogP contribution in [0.5, 0.6) is 0 Å². The number of hydrogen-bond acceptors (Lipinski definition) is 4. The lowest BCUT2D eigenvalue weighted by molar-refractivity contribution is -0.133. The molecule has 186 valence electrons. The van der Waals surface area contributed by atoms with E-state index in [0.717, 1.165) is 27.3 Å². The molecule has 1 aromatic heterocycles. The van der Waals surface area contributed by atoms with Gasteiger partial charge in [-0.2, -0.15) is 0 Å². The number of amides is 3. The molecule has 6 nitrogen and oxygen atoms in total. The number of nitrogens with one attached hydrogen (secondary N) is 1. The van der Waals surface area contributed by atoms with Crippen molar-refractivity contribution in [2.75, 3.05) is 32.1 Å². The maximum absolute atomic E-state index is 13.5. The van der Waals surface area contributed by atoms with Crippen molar-refractivity contribution in [2.45, 2.75) is 33.4 Å². The topological polar surface area (TPSA) is 61.9 Å².